The molecule has 19 heavy (non-hydrogen) atoms. The van der Waals surface area contributed by atoms with Gasteiger partial charge in [-0.1, -0.05) is 17.7 Å². The summed E-state index contributed by atoms with van der Waals surface area (Å²) in [6.07, 6.45) is 3.79. The second kappa shape index (κ2) is 6.38. The smallest absolute Gasteiger partial charge is 0.146 e. The molecule has 0 atom stereocenters. The number of rotatable bonds is 6. The van der Waals surface area contributed by atoms with Crippen LogP contribution in [-0.2, 0) is 19.7 Å². The molecular weight excluding hydrogens is 238 g/mol. The van der Waals surface area contributed by atoms with Crippen molar-refractivity contribution in [3.63, 3.8) is 0 Å². The van der Waals surface area contributed by atoms with Gasteiger partial charge in [-0.05, 0) is 27.0 Å². The van der Waals surface area contributed by atoms with Crippen LogP contribution < -0.4 is 10.1 Å². The van der Waals surface area contributed by atoms with E-state index in [-0.39, 0.29) is 0 Å². The van der Waals surface area contributed by atoms with Gasteiger partial charge in [-0.15, -0.1) is 0 Å². The number of hydrogen-bond acceptors (Lipinski definition) is 3. The lowest BCUT2D eigenvalue weighted by Gasteiger charge is -2.12. The maximum atomic E-state index is 5.91. The van der Waals surface area contributed by atoms with E-state index in [0.717, 1.165) is 24.7 Å². The number of hydrogen-bond donors (Lipinski definition) is 1. The predicted octanol–water partition coefficient (Wildman–Crippen LogP) is 2.51. The fraction of sp³-hybridized carbons (Fsp3) is 0.400. The van der Waals surface area contributed by atoms with Gasteiger partial charge in [-0.3, -0.25) is 0 Å². The Hall–Kier alpha value is -1.81. The number of ether oxygens (including phenoxy) is 1. The number of nitrogens with one attached hydrogen (secondary N) is 1. The fourth-order valence-electron chi connectivity index (χ4n) is 2.09. The standard InChI is InChI=1S/C15H21N3O/c1-4-18-8-7-17-15(18)11-19-14-6-5-12(2)9-13(14)10-16-3/h5-9,16H,4,10-11H2,1-3H3. The first-order valence-electron chi connectivity index (χ1n) is 6.61. The van der Waals surface area contributed by atoms with Crippen LogP contribution in [0.5, 0.6) is 5.75 Å². The Morgan fingerprint density at radius 2 is 2.21 bits per heavy atom. The summed E-state index contributed by atoms with van der Waals surface area (Å²) < 4.78 is 8.00. The molecule has 0 aliphatic carbocycles. The molecule has 2 aromatic rings. The van der Waals surface area contributed by atoms with Crippen molar-refractivity contribution in [1.82, 2.24) is 14.9 Å². The summed E-state index contributed by atoms with van der Waals surface area (Å²) in [6, 6.07) is 6.25. The van der Waals surface area contributed by atoms with Crippen molar-refractivity contribution in [3.8, 4) is 5.75 Å². The number of aromatic nitrogens is 2. The molecule has 0 unspecified atom stereocenters. The quantitative estimate of drug-likeness (QED) is 0.866. The summed E-state index contributed by atoms with van der Waals surface area (Å²) in [6.45, 7) is 6.41. The van der Waals surface area contributed by atoms with Crippen LogP contribution in [0.1, 0.15) is 23.9 Å². The van der Waals surface area contributed by atoms with E-state index < -0.39 is 0 Å². The van der Waals surface area contributed by atoms with Crippen LogP contribution in [0.3, 0.4) is 0 Å². The van der Waals surface area contributed by atoms with Crippen molar-refractivity contribution in [2.24, 2.45) is 0 Å². The zero-order valence-electron chi connectivity index (χ0n) is 11.8. The first kappa shape index (κ1) is 13.6. The average Bonchev–Trinajstić information content (AvgIpc) is 2.85. The molecule has 0 saturated heterocycles. The van der Waals surface area contributed by atoms with Crippen molar-refractivity contribution in [2.75, 3.05) is 7.05 Å². The Balaban J connectivity index is 2.10. The van der Waals surface area contributed by atoms with E-state index >= 15 is 0 Å². The van der Waals surface area contributed by atoms with Crippen LogP contribution in [0.4, 0.5) is 0 Å². The Morgan fingerprint density at radius 1 is 1.37 bits per heavy atom. The predicted molar refractivity (Wildman–Crippen MR) is 76.2 cm³/mol. The molecule has 1 aromatic carbocycles. The van der Waals surface area contributed by atoms with Gasteiger partial charge in [-0.2, -0.15) is 0 Å². The second-order valence-electron chi connectivity index (χ2n) is 4.56. The lowest BCUT2D eigenvalue weighted by molar-refractivity contribution is 0.286. The van der Waals surface area contributed by atoms with Crippen molar-refractivity contribution in [2.45, 2.75) is 33.5 Å². The number of imidazole rings is 1. The summed E-state index contributed by atoms with van der Waals surface area (Å²) in [5.41, 5.74) is 2.42. The molecule has 102 valence electrons. The molecule has 1 heterocycles. The van der Waals surface area contributed by atoms with Gasteiger partial charge in [0.2, 0.25) is 0 Å². The van der Waals surface area contributed by atoms with E-state index in [2.05, 4.69) is 40.8 Å². The van der Waals surface area contributed by atoms with Crippen LogP contribution in [0, 0.1) is 6.92 Å². The molecule has 1 aromatic heterocycles. The Labute approximate surface area is 114 Å². The highest BCUT2D eigenvalue weighted by Crippen LogP contribution is 2.21. The Bertz CT molecular complexity index is 534. The number of nitrogens with zero attached hydrogens (tertiary/aromatic N) is 2. The van der Waals surface area contributed by atoms with Crippen LogP contribution in [0.15, 0.2) is 30.6 Å². The molecule has 1 N–H and O–H groups in total. The normalized spacial score (nSPS) is 10.7. The zero-order chi connectivity index (χ0) is 13.7. The van der Waals surface area contributed by atoms with Crippen LogP contribution in [0.25, 0.3) is 0 Å². The van der Waals surface area contributed by atoms with Crippen molar-refractivity contribution in [3.05, 3.63) is 47.5 Å². The van der Waals surface area contributed by atoms with Crippen LogP contribution in [-0.4, -0.2) is 16.6 Å². The molecule has 0 radical (unpaired) electrons. The molecule has 0 amide bonds. The largest absolute Gasteiger partial charge is 0.485 e. The summed E-state index contributed by atoms with van der Waals surface area (Å²) in [7, 11) is 1.94. The number of benzene rings is 1. The maximum absolute atomic E-state index is 5.91. The monoisotopic (exact) mass is 259 g/mol. The highest BCUT2D eigenvalue weighted by Gasteiger charge is 2.06. The summed E-state index contributed by atoms with van der Waals surface area (Å²) in [4.78, 5) is 4.32. The van der Waals surface area contributed by atoms with Gasteiger partial charge in [0.1, 0.15) is 18.2 Å². The van der Waals surface area contributed by atoms with E-state index in [9.17, 15) is 0 Å². The van der Waals surface area contributed by atoms with E-state index in [0.29, 0.717) is 6.61 Å². The van der Waals surface area contributed by atoms with Gasteiger partial charge in [0.15, 0.2) is 0 Å². The first-order valence-corrected chi connectivity index (χ1v) is 6.61. The third kappa shape index (κ3) is 3.35. The van der Waals surface area contributed by atoms with Gasteiger partial charge in [0.05, 0.1) is 0 Å². The third-order valence-corrected chi connectivity index (χ3v) is 3.08. The summed E-state index contributed by atoms with van der Waals surface area (Å²) in [5.74, 6) is 1.88. The van der Waals surface area contributed by atoms with Crippen LogP contribution in [0.2, 0.25) is 0 Å². The van der Waals surface area contributed by atoms with Crippen molar-refractivity contribution in [1.29, 1.82) is 0 Å². The van der Waals surface area contributed by atoms with Crippen molar-refractivity contribution < 1.29 is 4.74 Å². The molecular formula is C15H21N3O. The highest BCUT2D eigenvalue weighted by atomic mass is 16.5. The topological polar surface area (TPSA) is 39.1 Å². The van der Waals surface area contributed by atoms with Gasteiger partial charge in [0.25, 0.3) is 0 Å². The minimum atomic E-state index is 0.501. The van der Waals surface area contributed by atoms with Crippen LogP contribution >= 0.6 is 0 Å². The Morgan fingerprint density at radius 3 is 2.95 bits per heavy atom. The first-order chi connectivity index (χ1) is 9.24. The second-order valence-corrected chi connectivity index (χ2v) is 4.56. The molecule has 2 rings (SSSR count). The highest BCUT2D eigenvalue weighted by molar-refractivity contribution is 5.36. The number of aryl methyl sites for hydroxylation is 2. The molecule has 0 aliphatic heterocycles. The lowest BCUT2D eigenvalue weighted by Crippen LogP contribution is -2.10. The van der Waals surface area contributed by atoms with Gasteiger partial charge in [0, 0.05) is 31.0 Å². The summed E-state index contributed by atoms with van der Waals surface area (Å²) >= 11 is 0. The molecule has 0 saturated carbocycles. The maximum Gasteiger partial charge on any atom is 0.146 e. The van der Waals surface area contributed by atoms with E-state index in [4.69, 9.17) is 4.74 Å². The molecule has 4 heteroatoms. The van der Waals surface area contributed by atoms with Gasteiger partial charge in [-0.25, -0.2) is 4.98 Å². The zero-order valence-corrected chi connectivity index (χ0v) is 11.8. The third-order valence-electron chi connectivity index (χ3n) is 3.08. The molecule has 4 nitrogen and oxygen atoms in total. The SMILES string of the molecule is CCn1ccnc1COc1ccc(C)cc1CNC. The van der Waals surface area contributed by atoms with E-state index in [1.807, 2.05) is 25.5 Å². The minimum Gasteiger partial charge on any atom is -0.485 e. The minimum absolute atomic E-state index is 0.501. The summed E-state index contributed by atoms with van der Waals surface area (Å²) in [5, 5.41) is 3.17. The molecule has 0 spiro atoms. The van der Waals surface area contributed by atoms with E-state index in [1.165, 1.54) is 11.1 Å². The Kier molecular flexibility index (Phi) is 4.58. The van der Waals surface area contributed by atoms with Gasteiger partial charge >= 0.3 is 0 Å². The van der Waals surface area contributed by atoms with E-state index in [1.54, 1.807) is 0 Å². The average molecular weight is 259 g/mol. The molecule has 0 bridgehead atoms. The molecule has 0 fully saturated rings. The van der Waals surface area contributed by atoms with Crippen molar-refractivity contribution >= 4 is 0 Å². The lowest BCUT2D eigenvalue weighted by atomic mass is 10.1. The molecule has 0 aliphatic rings. The van der Waals surface area contributed by atoms with Gasteiger partial charge < -0.3 is 14.6 Å². The fourth-order valence-corrected chi connectivity index (χ4v) is 2.09.